The van der Waals surface area contributed by atoms with Crippen LogP contribution in [0.4, 0.5) is 0 Å². The van der Waals surface area contributed by atoms with Gasteiger partial charge < -0.3 is 9.80 Å². The largest absolute Gasteiger partial charge is 0.334 e. The van der Waals surface area contributed by atoms with Crippen molar-refractivity contribution < 1.29 is 18.1 Å². The van der Waals surface area contributed by atoms with E-state index in [2.05, 4.69) is 11.8 Å². The van der Waals surface area contributed by atoms with E-state index in [-0.39, 0.29) is 10.8 Å². The summed E-state index contributed by atoms with van der Waals surface area (Å²) in [7, 11) is -1.71. The Balaban J connectivity index is 1.88. The first-order valence-corrected chi connectivity index (χ1v) is 10.2. The number of piperazine rings is 1. The summed E-state index contributed by atoms with van der Waals surface area (Å²) >= 11 is 0. The molecular weight excluding hydrogens is 350 g/mol. The van der Waals surface area contributed by atoms with Gasteiger partial charge in [-0.15, -0.1) is 0 Å². The molecule has 1 fully saturated rings. The molecule has 2 aromatic carbocycles. The van der Waals surface area contributed by atoms with Crippen LogP contribution in [0.25, 0.3) is 0 Å². The van der Waals surface area contributed by atoms with Gasteiger partial charge in [0.2, 0.25) is 15.9 Å². The van der Waals surface area contributed by atoms with Crippen LogP contribution in [0.5, 0.6) is 0 Å². The molecule has 1 atom stereocenters. The quantitative estimate of drug-likeness (QED) is 0.778. The lowest BCUT2D eigenvalue weighted by molar-refractivity contribution is -0.883. The molecule has 7 heteroatoms. The van der Waals surface area contributed by atoms with E-state index in [1.807, 2.05) is 6.07 Å². The molecule has 0 aliphatic carbocycles. The molecule has 0 saturated carbocycles. The van der Waals surface area contributed by atoms with Gasteiger partial charge in [0, 0.05) is 0 Å². The third-order valence-corrected chi connectivity index (χ3v) is 6.07. The van der Waals surface area contributed by atoms with Gasteiger partial charge in [-0.2, -0.15) is 4.72 Å². The summed E-state index contributed by atoms with van der Waals surface area (Å²) in [6.45, 7) is 2.97. The zero-order valence-electron chi connectivity index (χ0n) is 14.8. The fourth-order valence-corrected chi connectivity index (χ4v) is 4.22. The number of hydrogen-bond acceptors (Lipinski definition) is 3. The first-order chi connectivity index (χ1) is 12.5. The Bertz CT molecular complexity index is 833. The Labute approximate surface area is 154 Å². The van der Waals surface area contributed by atoms with Gasteiger partial charge >= 0.3 is 0 Å². The summed E-state index contributed by atoms with van der Waals surface area (Å²) in [5.41, 5.74) is 0.642. The highest BCUT2D eigenvalue weighted by Crippen LogP contribution is 2.20. The number of hydrogen-bond donors (Lipinski definition) is 2. The first-order valence-electron chi connectivity index (χ1n) is 8.70. The number of benzene rings is 2. The van der Waals surface area contributed by atoms with Crippen molar-refractivity contribution in [3.05, 3.63) is 66.2 Å². The normalized spacial score (nSPS) is 17.0. The average Bonchev–Trinajstić information content (AvgIpc) is 2.68. The first kappa shape index (κ1) is 18.6. The minimum Gasteiger partial charge on any atom is -0.334 e. The van der Waals surface area contributed by atoms with Gasteiger partial charge in [0.15, 0.2) is 0 Å². The second-order valence-corrected chi connectivity index (χ2v) is 8.27. The Morgan fingerprint density at radius 2 is 1.54 bits per heavy atom. The zero-order chi connectivity index (χ0) is 18.6. The van der Waals surface area contributed by atoms with Gasteiger partial charge in [-0.3, -0.25) is 4.79 Å². The highest BCUT2D eigenvalue weighted by atomic mass is 32.2. The second-order valence-electron chi connectivity index (χ2n) is 6.56. The molecule has 138 valence electrons. The molecule has 0 bridgehead atoms. The maximum atomic E-state index is 13.1. The molecule has 6 nitrogen and oxygen atoms in total. The lowest BCUT2D eigenvalue weighted by Crippen LogP contribution is -3.12. The molecule has 0 radical (unpaired) electrons. The molecule has 2 N–H and O–H groups in total. The van der Waals surface area contributed by atoms with Crippen LogP contribution in [-0.4, -0.2) is 52.5 Å². The minimum absolute atomic E-state index is 0.150. The summed E-state index contributed by atoms with van der Waals surface area (Å²) in [4.78, 5) is 16.4. The molecule has 0 spiro atoms. The van der Waals surface area contributed by atoms with Gasteiger partial charge in [0.05, 0.1) is 38.1 Å². The van der Waals surface area contributed by atoms with Crippen LogP contribution in [-0.2, 0) is 14.8 Å². The molecule has 1 amide bonds. The topological polar surface area (TPSA) is 70.9 Å². The van der Waals surface area contributed by atoms with E-state index >= 15 is 0 Å². The van der Waals surface area contributed by atoms with Crippen molar-refractivity contribution in [1.82, 2.24) is 9.62 Å². The van der Waals surface area contributed by atoms with E-state index < -0.39 is 16.1 Å². The van der Waals surface area contributed by atoms with E-state index in [1.54, 1.807) is 47.4 Å². The van der Waals surface area contributed by atoms with E-state index in [1.165, 1.54) is 17.0 Å². The lowest BCUT2D eigenvalue weighted by Gasteiger charge is -2.33. The number of likely N-dealkylation sites (N-methyl/N-ethyl adjacent to an activating group) is 1. The molecule has 1 aliphatic rings. The maximum absolute atomic E-state index is 13.1. The third-order valence-electron chi connectivity index (χ3n) is 4.64. The van der Waals surface area contributed by atoms with Crippen molar-refractivity contribution in [1.29, 1.82) is 0 Å². The Hall–Kier alpha value is -2.22. The van der Waals surface area contributed by atoms with Crippen LogP contribution >= 0.6 is 0 Å². The molecule has 0 aromatic heterocycles. The monoisotopic (exact) mass is 374 g/mol. The number of carbonyl (C=O) groups is 1. The average molecular weight is 374 g/mol. The molecule has 1 aliphatic heterocycles. The highest BCUT2D eigenvalue weighted by Gasteiger charge is 2.32. The molecule has 1 saturated heterocycles. The molecule has 1 heterocycles. The van der Waals surface area contributed by atoms with Gasteiger partial charge in [-0.05, 0) is 17.7 Å². The number of quaternary nitrogens is 1. The smallest absolute Gasteiger partial charge is 0.245 e. The minimum atomic E-state index is -3.80. The van der Waals surface area contributed by atoms with Gasteiger partial charge in [0.25, 0.3) is 0 Å². The molecule has 0 unspecified atom stereocenters. The van der Waals surface area contributed by atoms with Gasteiger partial charge in [0.1, 0.15) is 6.04 Å². The van der Waals surface area contributed by atoms with E-state index in [9.17, 15) is 13.2 Å². The fourth-order valence-electron chi connectivity index (χ4n) is 3.02. The number of nitrogens with zero attached hydrogens (tertiary/aromatic N) is 1. The second kappa shape index (κ2) is 7.99. The van der Waals surface area contributed by atoms with Crippen molar-refractivity contribution in [2.45, 2.75) is 10.9 Å². The van der Waals surface area contributed by atoms with Gasteiger partial charge in [-0.25, -0.2) is 8.42 Å². The van der Waals surface area contributed by atoms with Crippen LogP contribution < -0.4 is 9.62 Å². The summed E-state index contributed by atoms with van der Waals surface area (Å²) in [6.07, 6.45) is 0. The van der Waals surface area contributed by atoms with Crippen LogP contribution in [0.3, 0.4) is 0 Å². The number of carbonyl (C=O) groups excluding carboxylic acids is 1. The summed E-state index contributed by atoms with van der Waals surface area (Å²) in [5.74, 6) is -0.205. The van der Waals surface area contributed by atoms with E-state index in [0.717, 1.165) is 13.1 Å². The molecule has 26 heavy (non-hydrogen) atoms. The maximum Gasteiger partial charge on any atom is 0.245 e. The van der Waals surface area contributed by atoms with Crippen LogP contribution in [0.15, 0.2) is 65.6 Å². The van der Waals surface area contributed by atoms with Crippen LogP contribution in [0.2, 0.25) is 0 Å². The number of rotatable bonds is 5. The Morgan fingerprint density at radius 3 is 2.12 bits per heavy atom. The highest BCUT2D eigenvalue weighted by molar-refractivity contribution is 7.89. The SMILES string of the molecule is C[NH+]1CCN(C(=O)[C@H](NS(=O)(=O)c2ccccc2)c2ccccc2)CC1. The number of amides is 1. The Morgan fingerprint density at radius 1 is 1.00 bits per heavy atom. The van der Waals surface area contributed by atoms with Crippen molar-refractivity contribution in [2.75, 3.05) is 33.2 Å². The third kappa shape index (κ3) is 4.30. The standard InChI is InChI=1S/C19H23N3O3S/c1-21-12-14-22(15-13-21)19(23)18(16-8-4-2-5-9-16)20-26(24,25)17-10-6-3-7-11-17/h2-11,18,20H,12-15H2,1H3/p+1/t18-/m1/s1. The van der Waals surface area contributed by atoms with Crippen molar-refractivity contribution in [3.8, 4) is 0 Å². The summed E-state index contributed by atoms with van der Waals surface area (Å²) in [5, 5.41) is 0. The summed E-state index contributed by atoms with van der Waals surface area (Å²) < 4.78 is 28.1. The van der Waals surface area contributed by atoms with Crippen molar-refractivity contribution >= 4 is 15.9 Å². The predicted octanol–water partition coefficient (Wildman–Crippen LogP) is 0.0631. The van der Waals surface area contributed by atoms with E-state index in [0.29, 0.717) is 18.7 Å². The molecule has 3 rings (SSSR count). The summed E-state index contributed by atoms with van der Waals surface area (Å²) in [6, 6.07) is 16.2. The van der Waals surface area contributed by atoms with E-state index in [4.69, 9.17) is 0 Å². The van der Waals surface area contributed by atoms with Crippen LogP contribution in [0.1, 0.15) is 11.6 Å². The van der Waals surface area contributed by atoms with Gasteiger partial charge in [-0.1, -0.05) is 48.5 Å². The predicted molar refractivity (Wildman–Crippen MR) is 99.1 cm³/mol. The van der Waals surface area contributed by atoms with Crippen LogP contribution in [0, 0.1) is 0 Å². The van der Waals surface area contributed by atoms with Crippen molar-refractivity contribution in [3.63, 3.8) is 0 Å². The lowest BCUT2D eigenvalue weighted by atomic mass is 10.1. The Kier molecular flexibility index (Phi) is 5.70. The zero-order valence-corrected chi connectivity index (χ0v) is 15.6. The fraction of sp³-hybridized carbons (Fsp3) is 0.316. The van der Waals surface area contributed by atoms with Crippen molar-refractivity contribution in [2.24, 2.45) is 0 Å². The molecular formula is C19H24N3O3S+. The number of sulfonamides is 1. The number of nitrogens with one attached hydrogen (secondary N) is 2. The molecule has 2 aromatic rings.